The van der Waals surface area contributed by atoms with Crippen LogP contribution >= 0.6 is 22.7 Å². The molecule has 3 rings (SSSR count). The van der Waals surface area contributed by atoms with Crippen LogP contribution in [0.5, 0.6) is 5.75 Å². The zero-order valence-electron chi connectivity index (χ0n) is 14.2. The highest BCUT2D eigenvalue weighted by atomic mass is 32.1. The van der Waals surface area contributed by atoms with Gasteiger partial charge in [-0.3, -0.25) is 14.9 Å². The quantitative estimate of drug-likeness (QED) is 0.591. The Kier molecular flexibility index (Phi) is 6.19. The Morgan fingerprint density at radius 3 is 2.92 bits per heavy atom. The van der Waals surface area contributed by atoms with E-state index in [4.69, 9.17) is 9.47 Å². The maximum atomic E-state index is 12.0. The molecule has 2 aromatic heterocycles. The number of carbonyl (C=O) groups excluding carboxylic acids is 2. The van der Waals surface area contributed by atoms with E-state index in [1.165, 1.54) is 11.3 Å². The van der Waals surface area contributed by atoms with Gasteiger partial charge < -0.3 is 9.47 Å². The third-order valence-electron chi connectivity index (χ3n) is 3.44. The van der Waals surface area contributed by atoms with Crippen molar-refractivity contribution in [3.8, 4) is 5.75 Å². The number of benzene rings is 1. The van der Waals surface area contributed by atoms with Crippen LogP contribution < -0.4 is 10.1 Å². The molecule has 1 aromatic carbocycles. The Morgan fingerprint density at radius 1 is 1.27 bits per heavy atom. The normalized spacial score (nSPS) is 10.7. The van der Waals surface area contributed by atoms with Gasteiger partial charge in [-0.1, -0.05) is 17.4 Å². The number of carbonyl (C=O) groups is 2. The number of aromatic nitrogens is 1. The number of fused-ring (bicyclic) bond motifs is 1. The van der Waals surface area contributed by atoms with Crippen LogP contribution in [0.2, 0.25) is 0 Å². The third kappa shape index (κ3) is 5.03. The number of anilines is 1. The van der Waals surface area contributed by atoms with Gasteiger partial charge in [0.1, 0.15) is 5.75 Å². The zero-order chi connectivity index (χ0) is 18.4. The van der Waals surface area contributed by atoms with Crippen molar-refractivity contribution in [2.45, 2.75) is 19.8 Å². The SMILES string of the molecule is CCOc1ccc2nc(NC(=O)COC(=O)CCc3cccs3)sc2c1. The lowest BCUT2D eigenvalue weighted by Gasteiger charge is -2.04. The first kappa shape index (κ1) is 18.3. The Labute approximate surface area is 158 Å². The number of hydrogen-bond acceptors (Lipinski definition) is 7. The first-order valence-electron chi connectivity index (χ1n) is 8.15. The molecule has 0 fully saturated rings. The van der Waals surface area contributed by atoms with Gasteiger partial charge in [0.2, 0.25) is 0 Å². The van der Waals surface area contributed by atoms with Crippen molar-refractivity contribution in [1.29, 1.82) is 0 Å². The van der Waals surface area contributed by atoms with Crippen molar-refractivity contribution in [1.82, 2.24) is 4.98 Å². The molecule has 0 aliphatic rings. The number of amides is 1. The van der Waals surface area contributed by atoms with Crippen molar-refractivity contribution in [2.75, 3.05) is 18.5 Å². The molecule has 0 saturated carbocycles. The fourth-order valence-electron chi connectivity index (χ4n) is 2.27. The number of thiophene rings is 1. The van der Waals surface area contributed by atoms with Crippen LogP contribution in [0.3, 0.4) is 0 Å². The average Bonchev–Trinajstić information content (AvgIpc) is 3.27. The van der Waals surface area contributed by atoms with Gasteiger partial charge in [0.05, 0.1) is 23.2 Å². The second-order valence-corrected chi connectivity index (χ2v) is 7.43. The molecule has 6 nitrogen and oxygen atoms in total. The lowest BCUT2D eigenvalue weighted by molar-refractivity contribution is -0.147. The van der Waals surface area contributed by atoms with Gasteiger partial charge >= 0.3 is 5.97 Å². The van der Waals surface area contributed by atoms with Gasteiger partial charge in [0, 0.05) is 4.88 Å². The highest BCUT2D eigenvalue weighted by Crippen LogP contribution is 2.29. The van der Waals surface area contributed by atoms with Gasteiger partial charge in [0.15, 0.2) is 11.7 Å². The standard InChI is InChI=1S/C18H18N2O4S2/c1-2-23-12-5-7-14-15(10-12)26-18(19-14)20-16(21)11-24-17(22)8-6-13-4-3-9-25-13/h3-5,7,9-10H,2,6,8,11H2,1H3,(H,19,20,21). The second-order valence-electron chi connectivity index (χ2n) is 5.37. The fraction of sp³-hybridized carbons (Fsp3) is 0.278. The van der Waals surface area contributed by atoms with Gasteiger partial charge in [0.25, 0.3) is 5.91 Å². The highest BCUT2D eigenvalue weighted by Gasteiger charge is 2.11. The summed E-state index contributed by atoms with van der Waals surface area (Å²) in [5.74, 6) is -0.0287. The van der Waals surface area contributed by atoms with E-state index in [1.54, 1.807) is 11.3 Å². The summed E-state index contributed by atoms with van der Waals surface area (Å²) < 4.78 is 11.4. The molecule has 0 unspecified atom stereocenters. The number of ether oxygens (including phenoxy) is 2. The number of rotatable bonds is 8. The van der Waals surface area contributed by atoms with Crippen molar-refractivity contribution in [3.05, 3.63) is 40.6 Å². The van der Waals surface area contributed by atoms with Crippen molar-refractivity contribution >= 4 is 49.9 Å². The number of nitrogens with zero attached hydrogens (tertiary/aromatic N) is 1. The number of hydrogen-bond donors (Lipinski definition) is 1. The minimum Gasteiger partial charge on any atom is -0.494 e. The maximum absolute atomic E-state index is 12.0. The minimum absolute atomic E-state index is 0.259. The predicted molar refractivity (Wildman–Crippen MR) is 103 cm³/mol. The summed E-state index contributed by atoms with van der Waals surface area (Å²) in [6.07, 6.45) is 0.882. The summed E-state index contributed by atoms with van der Waals surface area (Å²) in [5.41, 5.74) is 0.779. The Balaban J connectivity index is 1.48. The number of esters is 1. The van der Waals surface area contributed by atoms with Crippen LogP contribution in [0.4, 0.5) is 5.13 Å². The van der Waals surface area contributed by atoms with Crippen molar-refractivity contribution < 1.29 is 19.1 Å². The Hall–Kier alpha value is -2.45. The molecule has 0 atom stereocenters. The molecule has 0 saturated heterocycles. The van der Waals surface area contributed by atoms with Crippen LogP contribution in [0.25, 0.3) is 10.2 Å². The van der Waals surface area contributed by atoms with E-state index < -0.39 is 5.91 Å². The molecular weight excluding hydrogens is 372 g/mol. The molecule has 0 bridgehead atoms. The number of aryl methyl sites for hydroxylation is 1. The maximum Gasteiger partial charge on any atom is 0.306 e. The van der Waals surface area contributed by atoms with Crippen LogP contribution in [0.15, 0.2) is 35.7 Å². The van der Waals surface area contributed by atoms with E-state index in [2.05, 4.69) is 10.3 Å². The monoisotopic (exact) mass is 390 g/mol. The summed E-state index contributed by atoms with van der Waals surface area (Å²) in [5, 5.41) is 5.09. The summed E-state index contributed by atoms with van der Waals surface area (Å²) in [4.78, 5) is 29.1. The van der Waals surface area contributed by atoms with E-state index in [9.17, 15) is 9.59 Å². The van der Waals surface area contributed by atoms with Crippen LogP contribution in [-0.2, 0) is 20.7 Å². The first-order valence-corrected chi connectivity index (χ1v) is 9.85. The van der Waals surface area contributed by atoms with E-state index >= 15 is 0 Å². The molecule has 3 aromatic rings. The molecule has 26 heavy (non-hydrogen) atoms. The summed E-state index contributed by atoms with van der Waals surface area (Å²) in [6, 6.07) is 9.48. The molecule has 1 N–H and O–H groups in total. The Bertz CT molecular complexity index is 890. The van der Waals surface area contributed by atoms with E-state index in [0.717, 1.165) is 20.8 Å². The minimum atomic E-state index is -0.404. The largest absolute Gasteiger partial charge is 0.494 e. The lowest BCUT2D eigenvalue weighted by Crippen LogP contribution is -2.20. The molecule has 8 heteroatoms. The molecule has 1 amide bonds. The molecular formula is C18H18N2O4S2. The average molecular weight is 390 g/mol. The van der Waals surface area contributed by atoms with Crippen molar-refractivity contribution in [2.24, 2.45) is 0 Å². The molecule has 0 spiro atoms. The van der Waals surface area contributed by atoms with Crippen LogP contribution in [0.1, 0.15) is 18.2 Å². The van der Waals surface area contributed by atoms with E-state index in [0.29, 0.717) is 18.2 Å². The highest BCUT2D eigenvalue weighted by molar-refractivity contribution is 7.22. The molecule has 136 valence electrons. The number of thiazole rings is 1. The predicted octanol–water partition coefficient (Wildman–Crippen LogP) is 3.87. The summed E-state index contributed by atoms with van der Waals surface area (Å²) >= 11 is 2.94. The van der Waals surface area contributed by atoms with Gasteiger partial charge in [-0.2, -0.15) is 0 Å². The number of nitrogens with one attached hydrogen (secondary N) is 1. The fourth-order valence-corrected chi connectivity index (χ4v) is 3.89. The van der Waals surface area contributed by atoms with Crippen LogP contribution in [-0.4, -0.2) is 30.1 Å². The van der Waals surface area contributed by atoms with E-state index in [-0.39, 0.29) is 19.0 Å². The van der Waals surface area contributed by atoms with E-state index in [1.807, 2.05) is 42.6 Å². The Morgan fingerprint density at radius 2 is 2.15 bits per heavy atom. The molecule has 0 radical (unpaired) electrons. The first-order chi connectivity index (χ1) is 12.6. The van der Waals surface area contributed by atoms with Crippen molar-refractivity contribution in [3.63, 3.8) is 0 Å². The molecule has 2 heterocycles. The van der Waals surface area contributed by atoms with Gasteiger partial charge in [-0.05, 0) is 43.0 Å². The molecule has 0 aliphatic carbocycles. The summed E-state index contributed by atoms with van der Waals surface area (Å²) in [7, 11) is 0. The summed E-state index contributed by atoms with van der Waals surface area (Å²) in [6.45, 7) is 2.19. The van der Waals surface area contributed by atoms with Crippen LogP contribution in [0, 0.1) is 0 Å². The zero-order valence-corrected chi connectivity index (χ0v) is 15.8. The molecule has 0 aliphatic heterocycles. The van der Waals surface area contributed by atoms with Gasteiger partial charge in [-0.15, -0.1) is 11.3 Å². The van der Waals surface area contributed by atoms with Gasteiger partial charge in [-0.25, -0.2) is 4.98 Å². The lowest BCUT2D eigenvalue weighted by atomic mass is 10.3. The third-order valence-corrected chi connectivity index (χ3v) is 5.31. The topological polar surface area (TPSA) is 77.5 Å². The smallest absolute Gasteiger partial charge is 0.306 e. The second kappa shape index (κ2) is 8.77.